The van der Waals surface area contributed by atoms with Gasteiger partial charge >= 0.3 is 0 Å². The first-order valence-electron chi connectivity index (χ1n) is 11.2. The van der Waals surface area contributed by atoms with E-state index in [0.717, 1.165) is 45.7 Å². The zero-order valence-electron chi connectivity index (χ0n) is 17.8. The number of benzene rings is 2. The standard InChI is InChI=1S/C26H29N3OS/c30-25(20-27-13-11-24-23(19-27)12-18-31-24)28-14-16-29(17-15-28)26(21-7-3-1-4-8-21)22-9-5-2-6-10-22/h1-10,12,18,26H,11,13-17,19-20H2. The van der Waals surface area contributed by atoms with Crippen LogP contribution < -0.4 is 0 Å². The van der Waals surface area contributed by atoms with Crippen LogP contribution in [0, 0.1) is 0 Å². The smallest absolute Gasteiger partial charge is 0.236 e. The van der Waals surface area contributed by atoms with Crippen molar-refractivity contribution in [2.24, 2.45) is 0 Å². The van der Waals surface area contributed by atoms with E-state index in [2.05, 4.69) is 86.8 Å². The van der Waals surface area contributed by atoms with Crippen molar-refractivity contribution in [3.05, 3.63) is 93.7 Å². The van der Waals surface area contributed by atoms with Crippen molar-refractivity contribution in [1.82, 2.24) is 14.7 Å². The lowest BCUT2D eigenvalue weighted by Gasteiger charge is -2.40. The average Bonchev–Trinajstić information content (AvgIpc) is 3.29. The molecule has 1 aromatic heterocycles. The third-order valence-corrected chi connectivity index (χ3v) is 7.53. The molecule has 0 unspecified atom stereocenters. The molecule has 0 aliphatic carbocycles. The van der Waals surface area contributed by atoms with Crippen molar-refractivity contribution in [3.8, 4) is 0 Å². The Labute approximate surface area is 188 Å². The molecule has 3 aromatic rings. The first-order valence-corrected chi connectivity index (χ1v) is 12.1. The van der Waals surface area contributed by atoms with Gasteiger partial charge in [-0.05, 0) is 34.6 Å². The lowest BCUT2D eigenvalue weighted by molar-refractivity contribution is -0.134. The number of nitrogens with zero attached hydrogens (tertiary/aromatic N) is 3. The summed E-state index contributed by atoms with van der Waals surface area (Å²) in [6.07, 6.45) is 1.07. The van der Waals surface area contributed by atoms with Crippen LogP contribution in [0.4, 0.5) is 0 Å². The molecule has 2 aromatic carbocycles. The van der Waals surface area contributed by atoms with E-state index in [4.69, 9.17) is 0 Å². The Morgan fingerprint density at radius 3 is 2.13 bits per heavy atom. The summed E-state index contributed by atoms with van der Waals surface area (Å²) in [5.74, 6) is 0.273. The summed E-state index contributed by atoms with van der Waals surface area (Å²) in [6.45, 7) is 5.83. The number of carbonyl (C=O) groups is 1. The number of thiophene rings is 1. The summed E-state index contributed by atoms with van der Waals surface area (Å²) in [7, 11) is 0. The van der Waals surface area contributed by atoms with Gasteiger partial charge in [0.25, 0.3) is 0 Å². The van der Waals surface area contributed by atoms with E-state index < -0.39 is 0 Å². The zero-order valence-corrected chi connectivity index (χ0v) is 18.6. The maximum atomic E-state index is 13.0. The molecule has 0 N–H and O–H groups in total. The van der Waals surface area contributed by atoms with E-state index in [-0.39, 0.29) is 11.9 Å². The fourth-order valence-electron chi connectivity index (χ4n) is 4.85. The monoisotopic (exact) mass is 431 g/mol. The highest BCUT2D eigenvalue weighted by atomic mass is 32.1. The molecule has 160 valence electrons. The maximum absolute atomic E-state index is 13.0. The SMILES string of the molecule is O=C(CN1CCc2sccc2C1)N1CCN(C(c2ccccc2)c2ccccc2)CC1. The Morgan fingerprint density at radius 1 is 0.839 bits per heavy atom. The molecular formula is C26H29N3OS. The van der Waals surface area contributed by atoms with Gasteiger partial charge in [0.15, 0.2) is 0 Å². The topological polar surface area (TPSA) is 26.8 Å². The van der Waals surface area contributed by atoms with E-state index in [0.29, 0.717) is 6.54 Å². The first kappa shape index (κ1) is 20.4. The van der Waals surface area contributed by atoms with Crippen LogP contribution >= 0.6 is 11.3 Å². The molecule has 3 heterocycles. The van der Waals surface area contributed by atoms with Gasteiger partial charge < -0.3 is 4.90 Å². The summed E-state index contributed by atoms with van der Waals surface area (Å²) >= 11 is 1.85. The van der Waals surface area contributed by atoms with E-state index >= 15 is 0 Å². The van der Waals surface area contributed by atoms with Crippen molar-refractivity contribution in [3.63, 3.8) is 0 Å². The van der Waals surface area contributed by atoms with Crippen LogP contribution in [-0.2, 0) is 17.8 Å². The minimum absolute atomic E-state index is 0.235. The molecule has 0 radical (unpaired) electrons. The molecule has 0 spiro atoms. The fourth-order valence-corrected chi connectivity index (χ4v) is 5.74. The maximum Gasteiger partial charge on any atom is 0.236 e. The summed E-state index contributed by atoms with van der Waals surface area (Å²) < 4.78 is 0. The van der Waals surface area contributed by atoms with Crippen molar-refractivity contribution in [2.45, 2.75) is 19.0 Å². The first-order chi connectivity index (χ1) is 15.3. The molecule has 1 amide bonds. The molecule has 0 atom stereocenters. The number of hydrogen-bond donors (Lipinski definition) is 0. The summed E-state index contributed by atoms with van der Waals surface area (Å²) in [4.78, 5) is 21.4. The lowest BCUT2D eigenvalue weighted by atomic mass is 9.96. The van der Waals surface area contributed by atoms with Gasteiger partial charge in [0.2, 0.25) is 5.91 Å². The number of fused-ring (bicyclic) bond motifs is 1. The Balaban J connectivity index is 1.22. The number of hydrogen-bond acceptors (Lipinski definition) is 4. The number of carbonyl (C=O) groups excluding carboxylic acids is 1. The Morgan fingerprint density at radius 2 is 1.48 bits per heavy atom. The third-order valence-electron chi connectivity index (χ3n) is 6.51. The molecule has 31 heavy (non-hydrogen) atoms. The number of piperazine rings is 1. The molecule has 2 aliphatic rings. The summed E-state index contributed by atoms with van der Waals surface area (Å²) in [5, 5.41) is 2.17. The molecule has 0 saturated carbocycles. The minimum Gasteiger partial charge on any atom is -0.339 e. The van der Waals surface area contributed by atoms with Gasteiger partial charge in [-0.15, -0.1) is 11.3 Å². The molecule has 0 bridgehead atoms. The normalized spacial score (nSPS) is 17.6. The van der Waals surface area contributed by atoms with Gasteiger partial charge in [0.05, 0.1) is 12.6 Å². The fraction of sp³-hybridized carbons (Fsp3) is 0.346. The van der Waals surface area contributed by atoms with Crippen LogP contribution in [-0.4, -0.2) is 59.9 Å². The van der Waals surface area contributed by atoms with E-state index in [1.165, 1.54) is 21.6 Å². The lowest BCUT2D eigenvalue weighted by Crippen LogP contribution is -2.52. The highest BCUT2D eigenvalue weighted by Crippen LogP contribution is 2.29. The predicted molar refractivity (Wildman–Crippen MR) is 126 cm³/mol. The average molecular weight is 432 g/mol. The highest BCUT2D eigenvalue weighted by molar-refractivity contribution is 7.10. The van der Waals surface area contributed by atoms with E-state index in [1.807, 2.05) is 11.3 Å². The molecular weight excluding hydrogens is 402 g/mol. The van der Waals surface area contributed by atoms with Crippen molar-refractivity contribution >= 4 is 17.2 Å². The Kier molecular flexibility index (Phi) is 6.16. The van der Waals surface area contributed by atoms with Crippen molar-refractivity contribution in [1.29, 1.82) is 0 Å². The summed E-state index contributed by atoms with van der Waals surface area (Å²) in [6, 6.07) is 23.9. The third kappa shape index (κ3) is 4.59. The highest BCUT2D eigenvalue weighted by Gasteiger charge is 2.29. The quantitative estimate of drug-likeness (QED) is 0.610. The summed E-state index contributed by atoms with van der Waals surface area (Å²) in [5.41, 5.74) is 4.03. The van der Waals surface area contributed by atoms with Gasteiger partial charge in [0.1, 0.15) is 0 Å². The van der Waals surface area contributed by atoms with Gasteiger partial charge in [-0.1, -0.05) is 60.7 Å². The minimum atomic E-state index is 0.235. The van der Waals surface area contributed by atoms with Gasteiger partial charge in [0, 0.05) is 44.1 Å². The second-order valence-corrected chi connectivity index (χ2v) is 9.47. The second-order valence-electron chi connectivity index (χ2n) is 8.47. The van der Waals surface area contributed by atoms with Crippen LogP contribution in [0.25, 0.3) is 0 Å². The molecule has 4 nitrogen and oxygen atoms in total. The van der Waals surface area contributed by atoms with E-state index in [1.54, 1.807) is 0 Å². The van der Waals surface area contributed by atoms with E-state index in [9.17, 15) is 4.79 Å². The largest absolute Gasteiger partial charge is 0.339 e. The van der Waals surface area contributed by atoms with Gasteiger partial charge in [-0.2, -0.15) is 0 Å². The Bertz CT molecular complexity index is 956. The Hall–Kier alpha value is -2.47. The zero-order chi connectivity index (χ0) is 21.0. The van der Waals surface area contributed by atoms with Crippen LogP contribution in [0.5, 0.6) is 0 Å². The molecule has 5 rings (SSSR count). The number of rotatable bonds is 5. The predicted octanol–water partition coefficient (Wildman–Crippen LogP) is 4.04. The molecule has 2 aliphatic heterocycles. The van der Waals surface area contributed by atoms with Crippen LogP contribution in [0.1, 0.15) is 27.6 Å². The van der Waals surface area contributed by atoms with Gasteiger partial charge in [-0.3, -0.25) is 14.6 Å². The van der Waals surface area contributed by atoms with Crippen LogP contribution in [0.2, 0.25) is 0 Å². The molecule has 1 fully saturated rings. The van der Waals surface area contributed by atoms with Crippen LogP contribution in [0.3, 0.4) is 0 Å². The van der Waals surface area contributed by atoms with Gasteiger partial charge in [-0.25, -0.2) is 0 Å². The molecule has 1 saturated heterocycles. The second kappa shape index (κ2) is 9.35. The molecule has 5 heteroatoms. The van der Waals surface area contributed by atoms with Crippen molar-refractivity contribution in [2.75, 3.05) is 39.3 Å². The van der Waals surface area contributed by atoms with Crippen LogP contribution in [0.15, 0.2) is 72.1 Å². The number of amides is 1. The van der Waals surface area contributed by atoms with Crippen molar-refractivity contribution < 1.29 is 4.79 Å².